The second-order valence-corrected chi connectivity index (χ2v) is 10.4. The minimum atomic E-state index is 0. The molecular weight excluding hydrogens is 701 g/mol. The molecule has 0 bridgehead atoms. The number of hydrogen-bond donors (Lipinski definition) is 0. The number of benzene rings is 5. The fraction of sp³-hybridized carbons (Fsp3) is 0. The molecule has 200 valence electrons. The monoisotopic (exact) mass is 718 g/mol. The molecule has 0 saturated carbocycles. The number of pyridine rings is 1. The van der Waals surface area contributed by atoms with E-state index < -0.39 is 0 Å². The molecule has 10 rings (SSSR count). The predicted molar refractivity (Wildman–Crippen MR) is 159 cm³/mol. The van der Waals surface area contributed by atoms with Gasteiger partial charge in [0.25, 0.3) is 0 Å². The van der Waals surface area contributed by atoms with Gasteiger partial charge < -0.3 is 13.2 Å². The summed E-state index contributed by atoms with van der Waals surface area (Å²) in [5, 5.41) is 4.19. The molecule has 5 nitrogen and oxygen atoms in total. The van der Waals surface area contributed by atoms with Crippen molar-refractivity contribution >= 4 is 60.4 Å². The first kappa shape index (κ1) is 23.7. The molecule has 0 atom stereocenters. The van der Waals surface area contributed by atoms with Crippen LogP contribution in [0.1, 0.15) is 0 Å². The molecule has 0 fully saturated rings. The van der Waals surface area contributed by atoms with Crippen LogP contribution in [0.4, 0.5) is 0 Å². The van der Waals surface area contributed by atoms with E-state index in [1.54, 1.807) is 0 Å². The van der Waals surface area contributed by atoms with Gasteiger partial charge in [-0.1, -0.05) is 59.4 Å². The van der Waals surface area contributed by atoms with Gasteiger partial charge in [-0.3, -0.25) is 4.57 Å². The van der Waals surface area contributed by atoms with Crippen LogP contribution < -0.4 is 4.57 Å². The average Bonchev–Trinajstić information content (AvgIpc) is 3.70. The van der Waals surface area contributed by atoms with Crippen LogP contribution in [0.5, 0.6) is 0 Å². The first-order chi connectivity index (χ1) is 20.3. The van der Waals surface area contributed by atoms with Gasteiger partial charge in [0.15, 0.2) is 12.1 Å². The number of aromatic nitrogens is 3. The first-order valence-electron chi connectivity index (χ1n) is 13.5. The van der Waals surface area contributed by atoms with Gasteiger partial charge in [-0.05, 0) is 35.2 Å². The van der Waals surface area contributed by atoms with Gasteiger partial charge in [0.1, 0.15) is 16.7 Å². The van der Waals surface area contributed by atoms with Gasteiger partial charge in [0.05, 0.1) is 11.2 Å². The van der Waals surface area contributed by atoms with Gasteiger partial charge in [0.2, 0.25) is 0 Å². The fourth-order valence-corrected chi connectivity index (χ4v) is 6.40. The van der Waals surface area contributed by atoms with E-state index in [9.17, 15) is 0 Å². The summed E-state index contributed by atoms with van der Waals surface area (Å²) in [6, 6.07) is 41.5. The number of imidazole rings is 1. The standard InChI is InChI=1S/C36H17N3O2.Pt/c1-2-7-21(8-3-1)22-9-4-10-23(19-22)24-11-5-14-31(37-24)38-20-39-25-12-6-13-27-32(25)33-28(40-27)17-18-29-34(33)35-30(41-29)16-15-26(38)36(35)39;/h1-9,11,13-19H;/q-2;. The predicted octanol–water partition coefficient (Wildman–Crippen LogP) is 8.17. The molecule has 0 aliphatic carbocycles. The molecule has 5 aromatic heterocycles. The largest absolute Gasteiger partial charge is 0.483 e. The molecule has 0 saturated heterocycles. The zero-order valence-corrected chi connectivity index (χ0v) is 24.1. The fourth-order valence-electron chi connectivity index (χ4n) is 6.40. The van der Waals surface area contributed by atoms with Crippen LogP contribution in [0, 0.1) is 18.5 Å². The van der Waals surface area contributed by atoms with Crippen LogP contribution in [0.25, 0.3) is 88.6 Å². The number of nitrogens with zero attached hydrogens (tertiary/aromatic N) is 3. The molecule has 10 aromatic rings. The normalized spacial score (nSPS) is 12.1. The van der Waals surface area contributed by atoms with Crippen molar-refractivity contribution in [3.05, 3.63) is 122 Å². The summed E-state index contributed by atoms with van der Waals surface area (Å²) in [6.07, 6.45) is 3.61. The van der Waals surface area contributed by atoms with Crippen LogP contribution in [0.2, 0.25) is 0 Å². The van der Waals surface area contributed by atoms with E-state index in [2.05, 4.69) is 65.3 Å². The minimum absolute atomic E-state index is 0. The van der Waals surface area contributed by atoms with Gasteiger partial charge in [-0.25, -0.2) is 0 Å². The van der Waals surface area contributed by atoms with E-state index in [1.807, 2.05) is 65.2 Å². The molecule has 42 heavy (non-hydrogen) atoms. The van der Waals surface area contributed by atoms with Crippen LogP contribution in [0.3, 0.4) is 0 Å². The quantitative estimate of drug-likeness (QED) is 0.137. The van der Waals surface area contributed by atoms with Crippen molar-refractivity contribution in [2.45, 2.75) is 0 Å². The van der Waals surface area contributed by atoms with Crippen molar-refractivity contribution in [2.75, 3.05) is 0 Å². The van der Waals surface area contributed by atoms with E-state index >= 15 is 0 Å². The van der Waals surface area contributed by atoms with E-state index in [-0.39, 0.29) is 21.1 Å². The first-order valence-corrected chi connectivity index (χ1v) is 13.5. The third kappa shape index (κ3) is 3.06. The average molecular weight is 719 g/mol. The Hall–Kier alpha value is -4.99. The van der Waals surface area contributed by atoms with Crippen LogP contribution in [0.15, 0.2) is 112 Å². The maximum atomic E-state index is 6.34. The Balaban J connectivity index is 0.00000250. The Morgan fingerprint density at radius 3 is 2.24 bits per heavy atom. The van der Waals surface area contributed by atoms with E-state index in [0.29, 0.717) is 0 Å². The molecule has 5 heterocycles. The smallest absolute Gasteiger partial charge is 0.196 e. The van der Waals surface area contributed by atoms with Crippen molar-refractivity contribution in [3.8, 4) is 28.2 Å². The van der Waals surface area contributed by atoms with E-state index in [1.165, 1.54) is 0 Å². The van der Waals surface area contributed by atoms with Crippen molar-refractivity contribution in [3.63, 3.8) is 0 Å². The molecule has 0 aliphatic rings. The molecule has 0 radical (unpaired) electrons. The van der Waals surface area contributed by atoms with Crippen molar-refractivity contribution in [2.24, 2.45) is 0 Å². The number of rotatable bonds is 3. The summed E-state index contributed by atoms with van der Waals surface area (Å²) in [5.41, 5.74) is 10.3. The molecule has 0 spiro atoms. The Morgan fingerprint density at radius 2 is 1.38 bits per heavy atom. The van der Waals surface area contributed by atoms with Gasteiger partial charge in [0, 0.05) is 42.9 Å². The molecule has 6 heteroatoms. The summed E-state index contributed by atoms with van der Waals surface area (Å²) in [7, 11) is 0. The topological polar surface area (TPSA) is 47.5 Å². The van der Waals surface area contributed by atoms with Crippen molar-refractivity contribution in [1.29, 1.82) is 0 Å². The Kier molecular flexibility index (Phi) is 4.80. The van der Waals surface area contributed by atoms with E-state index in [4.69, 9.17) is 13.8 Å². The third-order valence-corrected chi connectivity index (χ3v) is 8.16. The molecule has 0 amide bonds. The summed E-state index contributed by atoms with van der Waals surface area (Å²) in [6.45, 7) is 0. The van der Waals surface area contributed by atoms with Gasteiger partial charge >= 0.3 is 0 Å². The summed E-state index contributed by atoms with van der Waals surface area (Å²) < 4.78 is 16.7. The van der Waals surface area contributed by atoms with Crippen LogP contribution in [-0.4, -0.2) is 9.38 Å². The zero-order valence-electron chi connectivity index (χ0n) is 21.8. The summed E-state index contributed by atoms with van der Waals surface area (Å²) >= 11 is 0. The van der Waals surface area contributed by atoms with Crippen molar-refractivity contribution in [1.82, 2.24) is 9.38 Å². The molecule has 5 aromatic carbocycles. The Labute approximate surface area is 253 Å². The van der Waals surface area contributed by atoms with E-state index in [0.717, 1.165) is 88.6 Å². The zero-order chi connectivity index (χ0) is 26.7. The molecular formula is C36H17N3O2Pt-2. The summed E-state index contributed by atoms with van der Waals surface area (Å²) in [5.74, 6) is 0.766. The molecule has 0 N–H and O–H groups in total. The number of fused-ring (bicyclic) bond motifs is 1. The second-order valence-electron chi connectivity index (χ2n) is 10.4. The number of hydrogen-bond acceptors (Lipinski definition) is 3. The molecule has 0 aliphatic heterocycles. The van der Waals surface area contributed by atoms with Crippen LogP contribution in [-0.2, 0) is 21.1 Å². The minimum Gasteiger partial charge on any atom is -0.483 e. The number of furan rings is 2. The second kappa shape index (κ2) is 8.51. The molecule has 0 unspecified atom stereocenters. The Bertz CT molecular complexity index is 2590. The van der Waals surface area contributed by atoms with Gasteiger partial charge in [-0.15, -0.1) is 41.5 Å². The maximum absolute atomic E-state index is 6.34. The maximum Gasteiger partial charge on any atom is 0.196 e. The van der Waals surface area contributed by atoms with Crippen molar-refractivity contribution < 1.29 is 34.5 Å². The SMILES string of the molecule is [Pt].[c-]1ccc(-c2ccccc2)cc1-c1cccc(-[n+]2[c-]n3c4[c-]ccc5oc6ccc7oc8ccc2c3c8c7c6c54)n1. The van der Waals surface area contributed by atoms with Gasteiger partial charge in [-0.2, -0.15) is 17.1 Å². The Morgan fingerprint density at radius 1 is 0.643 bits per heavy atom. The third-order valence-electron chi connectivity index (χ3n) is 8.16. The van der Waals surface area contributed by atoms with Crippen LogP contribution >= 0.6 is 0 Å². The summed E-state index contributed by atoms with van der Waals surface area (Å²) in [4.78, 5) is 5.10.